The van der Waals surface area contributed by atoms with Crippen LogP contribution < -0.4 is 10.1 Å². The Kier molecular flexibility index (Phi) is 5.26. The zero-order chi connectivity index (χ0) is 21.3. The van der Waals surface area contributed by atoms with Gasteiger partial charge in [0.1, 0.15) is 17.0 Å². The summed E-state index contributed by atoms with van der Waals surface area (Å²) < 4.78 is 10.7. The number of nitrogens with one attached hydrogen (secondary N) is 2. The summed E-state index contributed by atoms with van der Waals surface area (Å²) in [4.78, 5) is 25.4. The summed E-state index contributed by atoms with van der Waals surface area (Å²) in [6.07, 6.45) is 1.82. The zero-order valence-corrected chi connectivity index (χ0v) is 17.6. The van der Waals surface area contributed by atoms with Crippen LogP contribution in [0.2, 0.25) is 0 Å². The van der Waals surface area contributed by atoms with Crippen LogP contribution in [0.4, 0.5) is 16.2 Å². The predicted molar refractivity (Wildman–Crippen MR) is 114 cm³/mol. The van der Waals surface area contributed by atoms with Gasteiger partial charge in [0.15, 0.2) is 0 Å². The van der Waals surface area contributed by atoms with Crippen LogP contribution in [0.1, 0.15) is 32.0 Å². The molecule has 8 heteroatoms. The molecule has 3 aromatic rings. The highest BCUT2D eigenvalue weighted by Gasteiger charge is 2.26. The van der Waals surface area contributed by atoms with E-state index < -0.39 is 11.8 Å². The summed E-state index contributed by atoms with van der Waals surface area (Å²) in [6.45, 7) is 6.48. The van der Waals surface area contributed by atoms with E-state index in [2.05, 4.69) is 15.3 Å². The Bertz CT molecular complexity index is 1070. The second-order valence-corrected chi connectivity index (χ2v) is 8.20. The lowest BCUT2D eigenvalue weighted by Gasteiger charge is -2.27. The molecule has 1 aliphatic rings. The summed E-state index contributed by atoms with van der Waals surface area (Å²) in [5, 5.41) is 5.98. The van der Waals surface area contributed by atoms with Crippen molar-refractivity contribution >= 4 is 28.6 Å². The van der Waals surface area contributed by atoms with E-state index in [1.807, 2.05) is 51.1 Å². The summed E-state index contributed by atoms with van der Waals surface area (Å²) in [6, 6.07) is 9.76. The number of hydrogen-bond acceptors (Lipinski definition) is 7. The van der Waals surface area contributed by atoms with Crippen molar-refractivity contribution in [2.24, 2.45) is 0 Å². The smallest absolute Gasteiger partial charge is 0.495 e. The van der Waals surface area contributed by atoms with Crippen LogP contribution in [-0.2, 0) is 22.5 Å². The number of benzene rings is 1. The van der Waals surface area contributed by atoms with Gasteiger partial charge in [-0.15, -0.1) is 5.06 Å². The maximum Gasteiger partial charge on any atom is 0.528 e. The normalized spacial score (nSPS) is 14.3. The standard InChI is InChI=1S/C22H26N4O4/c1-22(2,3)29-21(27)30-26-10-9-17-16(13-26)15-11-14(12-23-20(15)25-17)24-18-7-5-6-8-19(18)28-4/h5-8,11-12,24H,9-10,13H2,1-4H3,(H,23,25). The van der Waals surface area contributed by atoms with E-state index in [0.29, 0.717) is 13.1 Å². The van der Waals surface area contributed by atoms with Crippen LogP contribution in [0.3, 0.4) is 0 Å². The molecule has 30 heavy (non-hydrogen) atoms. The van der Waals surface area contributed by atoms with Gasteiger partial charge < -0.3 is 24.6 Å². The monoisotopic (exact) mass is 410 g/mol. The molecular formula is C22H26N4O4. The van der Waals surface area contributed by atoms with Gasteiger partial charge in [0, 0.05) is 24.0 Å². The minimum absolute atomic E-state index is 0.467. The number of pyridine rings is 1. The van der Waals surface area contributed by atoms with Gasteiger partial charge in [-0.1, -0.05) is 12.1 Å². The van der Waals surface area contributed by atoms with Gasteiger partial charge in [0.25, 0.3) is 0 Å². The first-order valence-electron chi connectivity index (χ1n) is 9.88. The van der Waals surface area contributed by atoms with Crippen molar-refractivity contribution in [3.8, 4) is 5.75 Å². The number of aromatic amines is 1. The molecule has 0 atom stereocenters. The molecule has 0 bridgehead atoms. The van der Waals surface area contributed by atoms with Crippen LogP contribution in [0.5, 0.6) is 5.75 Å². The van der Waals surface area contributed by atoms with Crippen molar-refractivity contribution in [2.75, 3.05) is 19.0 Å². The number of H-pyrrole nitrogens is 1. The maximum absolute atomic E-state index is 12.0. The van der Waals surface area contributed by atoms with E-state index in [1.165, 1.54) is 0 Å². The number of para-hydroxylation sites is 2. The van der Waals surface area contributed by atoms with Gasteiger partial charge in [0.2, 0.25) is 0 Å². The Balaban J connectivity index is 1.55. The van der Waals surface area contributed by atoms with Crippen molar-refractivity contribution in [1.82, 2.24) is 15.0 Å². The lowest BCUT2D eigenvalue weighted by molar-refractivity contribution is -0.151. The Labute approximate surface area is 175 Å². The second kappa shape index (κ2) is 7.87. The lowest BCUT2D eigenvalue weighted by Crippen LogP contribution is -2.35. The minimum atomic E-state index is -0.692. The maximum atomic E-state index is 12.0. The van der Waals surface area contributed by atoms with Gasteiger partial charge in [-0.05, 0) is 44.5 Å². The van der Waals surface area contributed by atoms with Gasteiger partial charge in [-0.3, -0.25) is 0 Å². The molecule has 8 nitrogen and oxygen atoms in total. The van der Waals surface area contributed by atoms with Crippen LogP contribution in [0.25, 0.3) is 11.0 Å². The summed E-state index contributed by atoms with van der Waals surface area (Å²) in [7, 11) is 1.64. The van der Waals surface area contributed by atoms with Crippen LogP contribution in [-0.4, -0.2) is 40.4 Å². The average Bonchev–Trinajstić information content (AvgIpc) is 3.04. The lowest BCUT2D eigenvalue weighted by atomic mass is 10.1. The van der Waals surface area contributed by atoms with Crippen LogP contribution >= 0.6 is 0 Å². The Morgan fingerprint density at radius 2 is 2.07 bits per heavy atom. The molecule has 0 unspecified atom stereocenters. The number of hydroxylamine groups is 2. The first-order valence-corrected chi connectivity index (χ1v) is 9.88. The van der Waals surface area contributed by atoms with E-state index in [4.69, 9.17) is 14.3 Å². The highest BCUT2D eigenvalue weighted by Crippen LogP contribution is 2.31. The summed E-state index contributed by atoms with van der Waals surface area (Å²) in [5.41, 5.74) is 4.10. The molecule has 1 aromatic carbocycles. The van der Waals surface area contributed by atoms with E-state index in [9.17, 15) is 4.79 Å². The SMILES string of the molecule is COc1ccccc1Nc1cnc2[nH]c3c(c2c1)CN(OC(=O)OC(C)(C)C)CC3. The van der Waals surface area contributed by atoms with E-state index in [0.717, 1.165) is 45.8 Å². The molecule has 2 N–H and O–H groups in total. The number of carbonyl (C=O) groups excluding carboxylic acids is 1. The van der Waals surface area contributed by atoms with Gasteiger partial charge >= 0.3 is 6.16 Å². The Hall–Kier alpha value is -3.26. The highest BCUT2D eigenvalue weighted by atomic mass is 16.8. The fourth-order valence-electron chi connectivity index (χ4n) is 3.48. The molecule has 2 aromatic heterocycles. The average molecular weight is 410 g/mol. The summed E-state index contributed by atoms with van der Waals surface area (Å²) >= 11 is 0. The van der Waals surface area contributed by atoms with Gasteiger partial charge in [0.05, 0.1) is 31.2 Å². The van der Waals surface area contributed by atoms with Crippen LogP contribution in [0, 0.1) is 0 Å². The number of fused-ring (bicyclic) bond motifs is 3. The molecule has 0 aliphatic carbocycles. The van der Waals surface area contributed by atoms with Crippen LogP contribution in [0.15, 0.2) is 36.5 Å². The molecule has 3 heterocycles. The molecule has 0 fully saturated rings. The topological polar surface area (TPSA) is 88.7 Å². The van der Waals surface area contributed by atoms with Crippen molar-refractivity contribution in [2.45, 2.75) is 39.3 Å². The summed E-state index contributed by atoms with van der Waals surface area (Å²) in [5.74, 6) is 0.755. The molecule has 4 rings (SSSR count). The van der Waals surface area contributed by atoms with Gasteiger partial charge in [-0.25, -0.2) is 9.78 Å². The first kappa shape index (κ1) is 20.0. The Morgan fingerprint density at radius 3 is 2.83 bits per heavy atom. The highest BCUT2D eigenvalue weighted by molar-refractivity contribution is 5.85. The molecule has 158 valence electrons. The van der Waals surface area contributed by atoms with E-state index in [-0.39, 0.29) is 0 Å². The van der Waals surface area contributed by atoms with Crippen molar-refractivity contribution < 1.29 is 19.1 Å². The molecule has 0 spiro atoms. The van der Waals surface area contributed by atoms with E-state index in [1.54, 1.807) is 18.4 Å². The molecule has 0 saturated carbocycles. The predicted octanol–water partition coefficient (Wildman–Crippen LogP) is 4.54. The number of carbonyl (C=O) groups is 1. The Morgan fingerprint density at radius 1 is 1.27 bits per heavy atom. The van der Waals surface area contributed by atoms with E-state index >= 15 is 0 Å². The number of anilines is 2. The molecule has 1 aliphatic heterocycles. The number of aromatic nitrogens is 2. The number of hydrogen-bond donors (Lipinski definition) is 2. The fraction of sp³-hybridized carbons (Fsp3) is 0.364. The van der Waals surface area contributed by atoms with Crippen molar-refractivity contribution in [1.29, 1.82) is 0 Å². The van der Waals surface area contributed by atoms with Crippen molar-refractivity contribution in [3.05, 3.63) is 47.8 Å². The fourth-order valence-corrected chi connectivity index (χ4v) is 3.48. The molecule has 0 saturated heterocycles. The zero-order valence-electron chi connectivity index (χ0n) is 17.6. The molecular weight excluding hydrogens is 384 g/mol. The first-order chi connectivity index (χ1) is 14.3. The number of rotatable bonds is 4. The number of methoxy groups -OCH3 is 1. The van der Waals surface area contributed by atoms with Gasteiger partial charge in [-0.2, -0.15) is 0 Å². The third-order valence-corrected chi connectivity index (χ3v) is 4.77. The molecule has 0 amide bonds. The third-order valence-electron chi connectivity index (χ3n) is 4.77. The van der Waals surface area contributed by atoms with Crippen molar-refractivity contribution in [3.63, 3.8) is 0 Å². The number of nitrogens with zero attached hydrogens (tertiary/aromatic N) is 2. The largest absolute Gasteiger partial charge is 0.528 e. The minimum Gasteiger partial charge on any atom is -0.495 e. The molecule has 0 radical (unpaired) electrons. The number of ether oxygens (including phenoxy) is 2. The quantitative estimate of drug-likeness (QED) is 0.611. The second-order valence-electron chi connectivity index (χ2n) is 8.20. The third kappa shape index (κ3) is 4.33.